The lowest BCUT2D eigenvalue weighted by Crippen LogP contribution is -2.19. The van der Waals surface area contributed by atoms with Crippen LogP contribution in [0.1, 0.15) is 25.8 Å². The van der Waals surface area contributed by atoms with Crippen LogP contribution in [-0.4, -0.2) is 32.3 Å². The molecule has 0 saturated carbocycles. The maximum Gasteiger partial charge on any atom is 0.179 e. The smallest absolute Gasteiger partial charge is 0.179 e. The fourth-order valence-electron chi connectivity index (χ4n) is 1.90. The van der Waals surface area contributed by atoms with Crippen molar-refractivity contribution in [2.24, 2.45) is 5.92 Å². The Labute approximate surface area is 137 Å². The van der Waals surface area contributed by atoms with Gasteiger partial charge in [0.15, 0.2) is 11.5 Å². The van der Waals surface area contributed by atoms with Gasteiger partial charge in [-0.3, -0.25) is 0 Å². The predicted molar refractivity (Wildman–Crippen MR) is 93.0 cm³/mol. The number of methoxy groups -OCH3 is 1. The van der Waals surface area contributed by atoms with Crippen LogP contribution in [0.2, 0.25) is 5.02 Å². The van der Waals surface area contributed by atoms with E-state index in [2.05, 4.69) is 25.4 Å². The molecule has 1 aromatic rings. The van der Waals surface area contributed by atoms with Crippen LogP contribution in [0.15, 0.2) is 12.1 Å². The van der Waals surface area contributed by atoms with Crippen molar-refractivity contribution >= 4 is 23.4 Å². The van der Waals surface area contributed by atoms with E-state index in [9.17, 15) is 0 Å². The van der Waals surface area contributed by atoms with Gasteiger partial charge in [0.05, 0.1) is 18.7 Å². The Morgan fingerprint density at radius 3 is 2.71 bits per heavy atom. The van der Waals surface area contributed by atoms with Gasteiger partial charge >= 0.3 is 0 Å². The number of ether oxygens (including phenoxy) is 2. The second-order valence-electron chi connectivity index (χ2n) is 5.33. The Morgan fingerprint density at radius 2 is 2.10 bits per heavy atom. The van der Waals surface area contributed by atoms with E-state index in [1.165, 1.54) is 0 Å². The summed E-state index contributed by atoms with van der Waals surface area (Å²) in [6, 6.07) is 3.93. The molecule has 1 N–H and O–H groups in total. The molecule has 0 spiro atoms. The van der Waals surface area contributed by atoms with Gasteiger partial charge in [-0.2, -0.15) is 11.8 Å². The van der Waals surface area contributed by atoms with Gasteiger partial charge < -0.3 is 14.8 Å². The van der Waals surface area contributed by atoms with Crippen LogP contribution in [0.5, 0.6) is 11.5 Å². The normalized spacial score (nSPS) is 11.0. The number of nitrogens with one attached hydrogen (secondary N) is 1. The highest BCUT2D eigenvalue weighted by atomic mass is 35.5. The molecule has 0 fully saturated rings. The number of hydrogen-bond donors (Lipinski definition) is 1. The first kappa shape index (κ1) is 18.5. The van der Waals surface area contributed by atoms with Gasteiger partial charge in [0.25, 0.3) is 0 Å². The summed E-state index contributed by atoms with van der Waals surface area (Å²) in [7, 11) is 1.64. The molecular weight excluding hydrogens is 306 g/mol. The van der Waals surface area contributed by atoms with E-state index in [4.69, 9.17) is 21.1 Å². The Bertz CT molecular complexity index is 427. The maximum atomic E-state index is 6.33. The number of halogens is 1. The zero-order chi connectivity index (χ0) is 15.7. The topological polar surface area (TPSA) is 30.5 Å². The van der Waals surface area contributed by atoms with E-state index in [1.54, 1.807) is 7.11 Å². The van der Waals surface area contributed by atoms with Crippen molar-refractivity contribution in [3.8, 4) is 11.5 Å². The second-order valence-corrected chi connectivity index (χ2v) is 6.72. The lowest BCUT2D eigenvalue weighted by molar-refractivity contribution is 0.295. The highest BCUT2D eigenvalue weighted by molar-refractivity contribution is 7.98. The van der Waals surface area contributed by atoms with Crippen LogP contribution in [0, 0.1) is 5.92 Å². The molecule has 0 saturated heterocycles. The van der Waals surface area contributed by atoms with Crippen molar-refractivity contribution < 1.29 is 9.47 Å². The minimum absolute atomic E-state index is 0.611. The minimum atomic E-state index is 0.611. The highest BCUT2D eigenvalue weighted by Crippen LogP contribution is 2.36. The fraction of sp³-hybridized carbons (Fsp3) is 0.625. The van der Waals surface area contributed by atoms with Crippen LogP contribution in [0.3, 0.4) is 0 Å². The molecule has 0 heterocycles. The summed E-state index contributed by atoms with van der Waals surface area (Å²) >= 11 is 8.14. The molecule has 21 heavy (non-hydrogen) atoms. The summed E-state index contributed by atoms with van der Waals surface area (Å²) in [5.41, 5.74) is 1.11. The van der Waals surface area contributed by atoms with Crippen LogP contribution in [0.25, 0.3) is 0 Å². The van der Waals surface area contributed by atoms with E-state index >= 15 is 0 Å². The molecule has 0 amide bonds. The number of benzene rings is 1. The van der Waals surface area contributed by atoms with Gasteiger partial charge in [0.2, 0.25) is 0 Å². The fourth-order valence-corrected chi connectivity index (χ4v) is 2.59. The van der Waals surface area contributed by atoms with Gasteiger partial charge in [0.1, 0.15) is 0 Å². The summed E-state index contributed by atoms with van der Waals surface area (Å²) in [4.78, 5) is 0. The van der Waals surface area contributed by atoms with Gasteiger partial charge in [-0.15, -0.1) is 0 Å². The van der Waals surface area contributed by atoms with Crippen molar-refractivity contribution in [3.63, 3.8) is 0 Å². The zero-order valence-electron chi connectivity index (χ0n) is 13.4. The molecule has 0 aliphatic heterocycles. The van der Waals surface area contributed by atoms with Crippen molar-refractivity contribution in [2.75, 3.05) is 32.3 Å². The highest BCUT2D eigenvalue weighted by Gasteiger charge is 2.12. The molecule has 1 aromatic carbocycles. The molecular formula is C16H26ClNO2S. The summed E-state index contributed by atoms with van der Waals surface area (Å²) < 4.78 is 11.2. The number of rotatable bonds is 10. The van der Waals surface area contributed by atoms with Gasteiger partial charge in [-0.25, -0.2) is 0 Å². The Hall–Kier alpha value is -0.580. The Morgan fingerprint density at radius 1 is 1.33 bits per heavy atom. The van der Waals surface area contributed by atoms with Crippen LogP contribution < -0.4 is 14.8 Å². The minimum Gasteiger partial charge on any atom is -0.493 e. The molecule has 120 valence electrons. The first-order chi connectivity index (χ1) is 10.1. The summed E-state index contributed by atoms with van der Waals surface area (Å²) in [6.07, 6.45) is 3.09. The molecule has 0 aliphatic rings. The summed E-state index contributed by atoms with van der Waals surface area (Å²) in [5.74, 6) is 3.05. The van der Waals surface area contributed by atoms with E-state index in [-0.39, 0.29) is 0 Å². The van der Waals surface area contributed by atoms with Crippen molar-refractivity contribution in [1.82, 2.24) is 5.32 Å². The average Bonchev–Trinajstić information content (AvgIpc) is 2.44. The third-order valence-electron chi connectivity index (χ3n) is 2.91. The molecule has 0 aromatic heterocycles. The largest absolute Gasteiger partial charge is 0.493 e. The van der Waals surface area contributed by atoms with Crippen molar-refractivity contribution in [2.45, 2.75) is 26.8 Å². The third kappa shape index (κ3) is 6.81. The van der Waals surface area contributed by atoms with Gasteiger partial charge in [0, 0.05) is 6.54 Å². The average molecular weight is 332 g/mol. The molecule has 0 radical (unpaired) electrons. The quantitative estimate of drug-likeness (QED) is 0.650. The van der Waals surface area contributed by atoms with Crippen LogP contribution >= 0.6 is 23.4 Å². The second kappa shape index (κ2) is 10.2. The molecule has 0 atom stereocenters. The summed E-state index contributed by atoms with van der Waals surface area (Å²) in [5, 5.41) is 4.01. The molecule has 1 rings (SSSR count). The van der Waals surface area contributed by atoms with Crippen LogP contribution in [-0.2, 0) is 6.54 Å². The van der Waals surface area contributed by atoms with E-state index in [0.717, 1.165) is 30.8 Å². The van der Waals surface area contributed by atoms with Gasteiger partial charge in [-0.05, 0) is 48.6 Å². The molecule has 3 nitrogen and oxygen atoms in total. The Kier molecular flexibility index (Phi) is 8.97. The van der Waals surface area contributed by atoms with E-state index in [1.807, 2.05) is 23.9 Å². The van der Waals surface area contributed by atoms with Crippen molar-refractivity contribution in [1.29, 1.82) is 0 Å². The van der Waals surface area contributed by atoms with Crippen molar-refractivity contribution in [3.05, 3.63) is 22.7 Å². The van der Waals surface area contributed by atoms with E-state index < -0.39 is 0 Å². The lowest BCUT2D eigenvalue weighted by Gasteiger charge is -2.15. The number of thioether (sulfide) groups is 1. The maximum absolute atomic E-state index is 6.33. The predicted octanol–water partition coefficient (Wildman–Crippen LogP) is 4.23. The zero-order valence-corrected chi connectivity index (χ0v) is 14.9. The number of hydrogen-bond acceptors (Lipinski definition) is 4. The molecule has 0 unspecified atom stereocenters. The Balaban J connectivity index is 2.67. The lowest BCUT2D eigenvalue weighted by atomic mass is 10.1. The summed E-state index contributed by atoms with van der Waals surface area (Å²) in [6.45, 7) is 6.79. The first-order valence-corrected chi connectivity index (χ1v) is 9.04. The molecule has 0 aliphatic carbocycles. The van der Waals surface area contributed by atoms with Gasteiger partial charge in [-0.1, -0.05) is 25.4 Å². The molecule has 0 bridgehead atoms. The third-order valence-corrected chi connectivity index (χ3v) is 3.89. The van der Waals surface area contributed by atoms with Crippen LogP contribution in [0.4, 0.5) is 0 Å². The monoisotopic (exact) mass is 331 g/mol. The standard InChI is InChI=1S/C16H26ClNO2S/c1-12(2)10-18-11-13-8-14(17)16(15(9-13)19-3)20-6-5-7-21-4/h8-9,12,18H,5-7,10-11H2,1-4H3. The molecule has 5 heteroatoms. The van der Waals surface area contributed by atoms with E-state index in [0.29, 0.717) is 29.0 Å². The first-order valence-electron chi connectivity index (χ1n) is 7.27. The SMILES string of the molecule is COc1cc(CNCC(C)C)cc(Cl)c1OCCCSC.